The summed E-state index contributed by atoms with van der Waals surface area (Å²) in [7, 11) is 0. The molecule has 0 spiro atoms. The van der Waals surface area contributed by atoms with Gasteiger partial charge in [-0.1, -0.05) is 36.8 Å². The quantitative estimate of drug-likeness (QED) is 0.452. The average Bonchev–Trinajstić information content (AvgIpc) is 2.71. The van der Waals surface area contributed by atoms with E-state index in [4.69, 9.17) is 17.2 Å². The van der Waals surface area contributed by atoms with E-state index in [1.165, 1.54) is 11.3 Å². The van der Waals surface area contributed by atoms with Crippen molar-refractivity contribution in [1.29, 1.82) is 0 Å². The highest BCUT2D eigenvalue weighted by Gasteiger charge is 2.12. The Balaban J connectivity index is 2.48. The Hall–Kier alpha value is -2.08. The van der Waals surface area contributed by atoms with Gasteiger partial charge in [-0.15, -0.1) is 0 Å². The molecule has 0 saturated heterocycles. The van der Waals surface area contributed by atoms with E-state index < -0.39 is 0 Å². The fourth-order valence-electron chi connectivity index (χ4n) is 1.81. The number of aliphatic imine (C=N–C) groups is 1. The van der Waals surface area contributed by atoms with E-state index in [1.807, 2.05) is 24.3 Å². The van der Waals surface area contributed by atoms with Crippen molar-refractivity contribution in [3.8, 4) is 10.4 Å². The zero-order valence-electron chi connectivity index (χ0n) is 10.8. The van der Waals surface area contributed by atoms with Crippen LogP contribution in [-0.4, -0.2) is 10.9 Å². The second-order valence-corrected chi connectivity index (χ2v) is 5.16. The third-order valence-corrected chi connectivity index (χ3v) is 3.59. The highest BCUT2D eigenvalue weighted by molar-refractivity contribution is 7.18. The molecule has 1 aromatic heterocycles. The minimum atomic E-state index is 0.0240. The second kappa shape index (κ2) is 5.71. The molecule has 0 aliphatic carbocycles. The first-order chi connectivity index (χ1) is 9.10. The van der Waals surface area contributed by atoms with Gasteiger partial charge < -0.3 is 17.2 Å². The van der Waals surface area contributed by atoms with Crippen LogP contribution in [0.5, 0.6) is 0 Å². The Morgan fingerprint density at radius 3 is 2.79 bits per heavy atom. The normalized spacial score (nSPS) is 10.4. The SMILES string of the molecule is CCCc1nc(N=C(N)N)sc1-c1cccc(N)c1. The first-order valence-electron chi connectivity index (χ1n) is 6.05. The lowest BCUT2D eigenvalue weighted by Crippen LogP contribution is -2.21. The molecule has 1 heterocycles. The fourth-order valence-corrected chi connectivity index (χ4v) is 2.81. The van der Waals surface area contributed by atoms with Crippen LogP contribution in [0.1, 0.15) is 19.0 Å². The number of hydrogen-bond donors (Lipinski definition) is 3. The third kappa shape index (κ3) is 3.23. The van der Waals surface area contributed by atoms with Crippen molar-refractivity contribution in [2.45, 2.75) is 19.8 Å². The van der Waals surface area contributed by atoms with E-state index in [0.717, 1.165) is 34.7 Å². The van der Waals surface area contributed by atoms with Gasteiger partial charge in [0, 0.05) is 5.69 Å². The summed E-state index contributed by atoms with van der Waals surface area (Å²) in [6.07, 6.45) is 1.90. The molecule has 0 unspecified atom stereocenters. The zero-order chi connectivity index (χ0) is 13.8. The van der Waals surface area contributed by atoms with Crippen molar-refractivity contribution in [2.24, 2.45) is 16.5 Å². The van der Waals surface area contributed by atoms with Crippen molar-refractivity contribution >= 4 is 28.1 Å². The van der Waals surface area contributed by atoms with Crippen LogP contribution in [0, 0.1) is 0 Å². The average molecular weight is 275 g/mol. The van der Waals surface area contributed by atoms with Crippen molar-refractivity contribution in [3.63, 3.8) is 0 Å². The molecule has 0 radical (unpaired) electrons. The Morgan fingerprint density at radius 2 is 2.16 bits per heavy atom. The number of hydrogen-bond acceptors (Lipinski definition) is 4. The molecule has 0 fully saturated rings. The van der Waals surface area contributed by atoms with Crippen LogP contribution in [0.15, 0.2) is 29.3 Å². The van der Waals surface area contributed by atoms with Crippen molar-refractivity contribution in [1.82, 2.24) is 4.98 Å². The number of aryl methyl sites for hydroxylation is 1. The molecule has 19 heavy (non-hydrogen) atoms. The van der Waals surface area contributed by atoms with E-state index in [0.29, 0.717) is 5.13 Å². The molecule has 5 nitrogen and oxygen atoms in total. The maximum Gasteiger partial charge on any atom is 0.213 e. The Labute approximate surface area is 116 Å². The van der Waals surface area contributed by atoms with Crippen LogP contribution in [0.3, 0.4) is 0 Å². The molecule has 2 aromatic rings. The van der Waals surface area contributed by atoms with Crippen LogP contribution in [0.2, 0.25) is 0 Å². The van der Waals surface area contributed by atoms with E-state index in [1.54, 1.807) is 0 Å². The fraction of sp³-hybridized carbons (Fsp3) is 0.231. The maximum absolute atomic E-state index is 5.82. The van der Waals surface area contributed by atoms with Gasteiger partial charge in [0.25, 0.3) is 0 Å². The van der Waals surface area contributed by atoms with Crippen LogP contribution in [0.4, 0.5) is 10.8 Å². The molecule has 0 aliphatic heterocycles. The van der Waals surface area contributed by atoms with Gasteiger partial charge in [-0.25, -0.2) is 4.98 Å². The molecular formula is C13H17N5S. The first-order valence-corrected chi connectivity index (χ1v) is 6.87. The van der Waals surface area contributed by atoms with Crippen molar-refractivity contribution in [2.75, 3.05) is 5.73 Å². The summed E-state index contributed by atoms with van der Waals surface area (Å²) in [5.41, 5.74) is 19.4. The lowest BCUT2D eigenvalue weighted by Gasteiger charge is -2.01. The van der Waals surface area contributed by atoms with Gasteiger partial charge in [-0.05, 0) is 24.1 Å². The summed E-state index contributed by atoms with van der Waals surface area (Å²) in [5.74, 6) is 0.0240. The largest absolute Gasteiger partial charge is 0.399 e. The van der Waals surface area contributed by atoms with Gasteiger partial charge in [0.1, 0.15) is 0 Å². The number of nitrogen functional groups attached to an aromatic ring is 1. The smallest absolute Gasteiger partial charge is 0.213 e. The third-order valence-electron chi connectivity index (χ3n) is 2.55. The number of nitrogens with zero attached hydrogens (tertiary/aromatic N) is 2. The van der Waals surface area contributed by atoms with Crippen LogP contribution < -0.4 is 17.2 Å². The molecule has 0 bridgehead atoms. The minimum Gasteiger partial charge on any atom is -0.399 e. The second-order valence-electron chi connectivity index (χ2n) is 4.18. The van der Waals surface area contributed by atoms with Crippen LogP contribution >= 0.6 is 11.3 Å². The maximum atomic E-state index is 5.82. The molecule has 0 aliphatic rings. The van der Waals surface area contributed by atoms with E-state index >= 15 is 0 Å². The molecule has 6 N–H and O–H groups in total. The van der Waals surface area contributed by atoms with Gasteiger partial charge in [0.05, 0.1) is 10.6 Å². The number of thiazole rings is 1. The molecule has 0 atom stereocenters. The predicted octanol–water partition coefficient (Wildman–Crippen LogP) is 2.25. The molecule has 100 valence electrons. The number of benzene rings is 1. The van der Waals surface area contributed by atoms with Gasteiger partial charge in [0.15, 0.2) is 5.96 Å². The predicted molar refractivity (Wildman–Crippen MR) is 81.4 cm³/mol. The van der Waals surface area contributed by atoms with Crippen molar-refractivity contribution < 1.29 is 0 Å². The summed E-state index contributed by atoms with van der Waals surface area (Å²) >= 11 is 1.48. The Morgan fingerprint density at radius 1 is 1.37 bits per heavy atom. The van der Waals surface area contributed by atoms with Gasteiger partial charge >= 0.3 is 0 Å². The van der Waals surface area contributed by atoms with Gasteiger partial charge in [-0.2, -0.15) is 4.99 Å². The summed E-state index contributed by atoms with van der Waals surface area (Å²) in [6.45, 7) is 2.11. The molecule has 0 saturated carbocycles. The molecule has 6 heteroatoms. The lowest BCUT2D eigenvalue weighted by atomic mass is 10.1. The molecule has 0 amide bonds. The monoisotopic (exact) mass is 275 g/mol. The van der Waals surface area contributed by atoms with E-state index in [2.05, 4.69) is 16.9 Å². The van der Waals surface area contributed by atoms with E-state index in [-0.39, 0.29) is 5.96 Å². The van der Waals surface area contributed by atoms with Crippen LogP contribution in [-0.2, 0) is 6.42 Å². The summed E-state index contributed by atoms with van der Waals surface area (Å²) in [5, 5.41) is 0.584. The van der Waals surface area contributed by atoms with E-state index in [9.17, 15) is 0 Å². The molecular weight excluding hydrogens is 258 g/mol. The number of guanidine groups is 1. The van der Waals surface area contributed by atoms with Crippen LogP contribution in [0.25, 0.3) is 10.4 Å². The Bertz CT molecular complexity index is 599. The summed E-state index contributed by atoms with van der Waals surface area (Å²) in [4.78, 5) is 9.57. The van der Waals surface area contributed by atoms with Crippen molar-refractivity contribution in [3.05, 3.63) is 30.0 Å². The van der Waals surface area contributed by atoms with Gasteiger partial charge in [-0.3, -0.25) is 0 Å². The number of aromatic nitrogens is 1. The highest BCUT2D eigenvalue weighted by Crippen LogP contribution is 2.35. The van der Waals surface area contributed by atoms with Gasteiger partial charge in [0.2, 0.25) is 5.13 Å². The molecule has 2 rings (SSSR count). The molecule has 1 aromatic carbocycles. The summed E-state index contributed by atoms with van der Waals surface area (Å²) < 4.78 is 0. The Kier molecular flexibility index (Phi) is 4.01. The topological polar surface area (TPSA) is 103 Å². The lowest BCUT2D eigenvalue weighted by molar-refractivity contribution is 0.894. The summed E-state index contributed by atoms with van der Waals surface area (Å²) in [6, 6.07) is 7.75. The minimum absolute atomic E-state index is 0.0240. The standard InChI is InChI=1S/C13H17N5S/c1-2-4-10-11(8-5-3-6-9(14)7-8)19-13(17-10)18-12(15)16/h3,5-7H,2,4,14H2,1H3,(H4,15,16,17,18). The number of nitrogens with two attached hydrogens (primary N) is 3. The zero-order valence-corrected chi connectivity index (χ0v) is 11.6. The highest BCUT2D eigenvalue weighted by atomic mass is 32.1. The number of anilines is 1. The first kappa shape index (κ1) is 13.4. The number of rotatable bonds is 4.